The number of nitrogens with two attached hydrogens (primary N) is 1. The summed E-state index contributed by atoms with van der Waals surface area (Å²) < 4.78 is 0.576. The molecule has 0 aromatic heterocycles. The maximum atomic E-state index is 12.1. The van der Waals surface area contributed by atoms with Gasteiger partial charge < -0.3 is 16.2 Å². The van der Waals surface area contributed by atoms with E-state index in [1.54, 1.807) is 19.1 Å². The highest BCUT2D eigenvalue weighted by atomic mass is 79.9. The van der Waals surface area contributed by atoms with Crippen molar-refractivity contribution >= 4 is 33.5 Å². The smallest absolute Gasteiger partial charge is 0.326 e. The number of carbonyl (C=O) groups excluding carboxylic acids is 1. The number of carbonyl (C=O) groups is 2. The number of halogens is 1. The monoisotopic (exact) mass is 328 g/mol. The first-order valence-electron chi connectivity index (χ1n) is 5.95. The van der Waals surface area contributed by atoms with Crippen molar-refractivity contribution in [2.45, 2.75) is 26.3 Å². The third kappa shape index (κ3) is 3.96. The molecule has 0 saturated heterocycles. The fourth-order valence-corrected chi connectivity index (χ4v) is 2.05. The summed E-state index contributed by atoms with van der Waals surface area (Å²) in [5.74, 6) is -1.64. The summed E-state index contributed by atoms with van der Waals surface area (Å²) in [7, 11) is 0. The highest BCUT2D eigenvalue weighted by Crippen LogP contribution is 2.20. The van der Waals surface area contributed by atoms with Crippen LogP contribution in [0.2, 0.25) is 0 Å². The normalized spacial score (nSPS) is 13.6. The summed E-state index contributed by atoms with van der Waals surface area (Å²) in [6.07, 6.45) is 0.662. The summed E-state index contributed by atoms with van der Waals surface area (Å²) in [5.41, 5.74) is 6.40. The first kappa shape index (κ1) is 15.5. The molecule has 0 unspecified atom stereocenters. The summed E-state index contributed by atoms with van der Waals surface area (Å²) >= 11 is 3.25. The molecule has 0 aliphatic heterocycles. The van der Waals surface area contributed by atoms with E-state index in [0.29, 0.717) is 22.1 Å². The van der Waals surface area contributed by atoms with Crippen molar-refractivity contribution in [1.82, 2.24) is 5.32 Å². The van der Waals surface area contributed by atoms with E-state index in [-0.39, 0.29) is 5.92 Å². The van der Waals surface area contributed by atoms with Crippen molar-refractivity contribution in [3.05, 3.63) is 28.2 Å². The lowest BCUT2D eigenvalue weighted by atomic mass is 9.99. The number of hydrogen-bond acceptors (Lipinski definition) is 3. The van der Waals surface area contributed by atoms with Crippen LogP contribution in [-0.2, 0) is 4.79 Å². The zero-order valence-electron chi connectivity index (χ0n) is 10.8. The van der Waals surface area contributed by atoms with Gasteiger partial charge in [-0.05, 0) is 40.0 Å². The molecule has 5 nitrogen and oxygen atoms in total. The molecular formula is C13H17BrN2O3. The summed E-state index contributed by atoms with van der Waals surface area (Å²) in [6, 6.07) is 3.91. The quantitative estimate of drug-likeness (QED) is 0.723. The fraction of sp³-hybridized carbons (Fsp3) is 0.385. The lowest BCUT2D eigenvalue weighted by molar-refractivity contribution is -0.140. The number of benzene rings is 1. The molecule has 0 aliphatic rings. The highest BCUT2D eigenvalue weighted by Gasteiger charge is 2.26. The van der Waals surface area contributed by atoms with Gasteiger partial charge in [0.1, 0.15) is 6.04 Å². The van der Waals surface area contributed by atoms with Crippen molar-refractivity contribution < 1.29 is 14.7 Å². The molecule has 19 heavy (non-hydrogen) atoms. The molecular weight excluding hydrogens is 312 g/mol. The lowest BCUT2D eigenvalue weighted by Gasteiger charge is -2.20. The molecule has 104 valence electrons. The van der Waals surface area contributed by atoms with Crippen LogP contribution in [0.25, 0.3) is 0 Å². The number of carboxylic acid groups (broad SMARTS) is 1. The summed E-state index contributed by atoms with van der Waals surface area (Å²) in [6.45, 7) is 3.66. The number of nitrogens with one attached hydrogen (secondary N) is 1. The van der Waals surface area contributed by atoms with Gasteiger partial charge in [-0.25, -0.2) is 4.79 Å². The number of amides is 1. The second kappa shape index (κ2) is 6.56. The van der Waals surface area contributed by atoms with Crippen LogP contribution >= 0.6 is 15.9 Å². The zero-order valence-corrected chi connectivity index (χ0v) is 12.4. The summed E-state index contributed by atoms with van der Waals surface area (Å²) in [4.78, 5) is 23.3. The van der Waals surface area contributed by atoms with Crippen molar-refractivity contribution in [3.8, 4) is 0 Å². The van der Waals surface area contributed by atoms with E-state index in [4.69, 9.17) is 10.8 Å². The van der Waals surface area contributed by atoms with Gasteiger partial charge in [0.2, 0.25) is 0 Å². The van der Waals surface area contributed by atoms with Crippen LogP contribution in [0.15, 0.2) is 22.7 Å². The molecule has 0 heterocycles. The first-order chi connectivity index (χ1) is 8.86. The van der Waals surface area contributed by atoms with E-state index in [9.17, 15) is 9.59 Å². The Bertz CT molecular complexity index is 491. The average molecular weight is 329 g/mol. The maximum Gasteiger partial charge on any atom is 0.326 e. The van der Waals surface area contributed by atoms with E-state index in [1.165, 1.54) is 6.07 Å². The Morgan fingerprint density at radius 2 is 2.11 bits per heavy atom. The Labute approximate surface area is 120 Å². The minimum atomic E-state index is -1.04. The molecule has 0 spiro atoms. The number of anilines is 1. The van der Waals surface area contributed by atoms with Crippen molar-refractivity contribution in [2.24, 2.45) is 5.92 Å². The molecule has 1 aromatic carbocycles. The molecule has 0 fully saturated rings. The topological polar surface area (TPSA) is 92.4 Å². The Hall–Kier alpha value is -1.56. The molecule has 6 heteroatoms. The first-order valence-corrected chi connectivity index (χ1v) is 6.74. The van der Waals surface area contributed by atoms with Crippen molar-refractivity contribution in [1.29, 1.82) is 0 Å². The minimum absolute atomic E-state index is 0.152. The standard InChI is InChI=1S/C13H17BrN2O3/c1-3-7(2)11(13(18)19)16-12(17)9-6-8(15)4-5-10(9)14/h4-7,11H,3,15H2,1-2H3,(H,16,17)(H,18,19)/t7-,11-/m0/s1. The molecule has 1 aromatic rings. The van der Waals surface area contributed by atoms with Gasteiger partial charge in [-0.15, -0.1) is 0 Å². The second-order valence-corrected chi connectivity index (χ2v) is 5.27. The molecule has 0 aliphatic carbocycles. The van der Waals surface area contributed by atoms with Gasteiger partial charge in [-0.2, -0.15) is 0 Å². The number of aliphatic carboxylic acids is 1. The van der Waals surface area contributed by atoms with E-state index >= 15 is 0 Å². The molecule has 0 saturated carbocycles. The number of carboxylic acids is 1. The minimum Gasteiger partial charge on any atom is -0.480 e. The predicted octanol–water partition coefficient (Wildman–Crippen LogP) is 2.26. The van der Waals surface area contributed by atoms with Gasteiger partial charge in [0.05, 0.1) is 5.56 Å². The van der Waals surface area contributed by atoms with Gasteiger partial charge in [-0.1, -0.05) is 20.3 Å². The van der Waals surface area contributed by atoms with Crippen molar-refractivity contribution in [3.63, 3.8) is 0 Å². The molecule has 1 rings (SSSR count). The third-order valence-electron chi connectivity index (χ3n) is 3.00. The van der Waals surface area contributed by atoms with Gasteiger partial charge in [0, 0.05) is 10.2 Å². The Balaban J connectivity index is 2.94. The fourth-order valence-electron chi connectivity index (χ4n) is 1.62. The van der Waals surface area contributed by atoms with Crippen LogP contribution in [0.1, 0.15) is 30.6 Å². The third-order valence-corrected chi connectivity index (χ3v) is 3.69. The van der Waals surface area contributed by atoms with E-state index in [2.05, 4.69) is 21.2 Å². The van der Waals surface area contributed by atoms with Crippen LogP contribution in [0, 0.1) is 5.92 Å². The number of rotatable bonds is 5. The van der Waals surface area contributed by atoms with Crippen LogP contribution in [0.4, 0.5) is 5.69 Å². The van der Waals surface area contributed by atoms with Gasteiger partial charge in [-0.3, -0.25) is 4.79 Å². The maximum absolute atomic E-state index is 12.1. The molecule has 0 bridgehead atoms. The highest BCUT2D eigenvalue weighted by molar-refractivity contribution is 9.10. The molecule has 4 N–H and O–H groups in total. The lowest BCUT2D eigenvalue weighted by Crippen LogP contribution is -2.45. The SMILES string of the molecule is CC[C@H](C)[C@H](NC(=O)c1cc(N)ccc1Br)C(=O)O. The largest absolute Gasteiger partial charge is 0.480 e. The number of nitrogen functional groups attached to an aromatic ring is 1. The summed E-state index contributed by atoms with van der Waals surface area (Å²) in [5, 5.41) is 11.7. The molecule has 1 amide bonds. The van der Waals surface area contributed by atoms with Gasteiger partial charge in [0.15, 0.2) is 0 Å². The zero-order chi connectivity index (χ0) is 14.6. The van der Waals surface area contributed by atoms with Gasteiger partial charge >= 0.3 is 5.97 Å². The van der Waals surface area contributed by atoms with Crippen LogP contribution in [0.3, 0.4) is 0 Å². The Morgan fingerprint density at radius 3 is 2.63 bits per heavy atom. The van der Waals surface area contributed by atoms with E-state index in [0.717, 1.165) is 0 Å². The molecule has 2 atom stereocenters. The Kier molecular flexibility index (Phi) is 5.35. The van der Waals surface area contributed by atoms with Crippen molar-refractivity contribution in [2.75, 3.05) is 5.73 Å². The van der Waals surface area contributed by atoms with Gasteiger partial charge in [0.25, 0.3) is 5.91 Å². The van der Waals surface area contributed by atoms with E-state index in [1.807, 2.05) is 6.92 Å². The van der Waals surface area contributed by atoms with Crippen LogP contribution in [-0.4, -0.2) is 23.0 Å². The predicted molar refractivity (Wildman–Crippen MR) is 76.9 cm³/mol. The van der Waals surface area contributed by atoms with Crippen LogP contribution in [0.5, 0.6) is 0 Å². The molecule has 0 radical (unpaired) electrons. The van der Waals surface area contributed by atoms with Crippen LogP contribution < -0.4 is 11.1 Å². The number of hydrogen-bond donors (Lipinski definition) is 3. The Morgan fingerprint density at radius 1 is 1.47 bits per heavy atom. The van der Waals surface area contributed by atoms with E-state index < -0.39 is 17.9 Å². The second-order valence-electron chi connectivity index (χ2n) is 4.41. The average Bonchev–Trinajstić information content (AvgIpc) is 2.37.